The van der Waals surface area contributed by atoms with Gasteiger partial charge in [0.05, 0.1) is 13.2 Å². The normalized spacial score (nSPS) is 15.2. The fourth-order valence-electron chi connectivity index (χ4n) is 3.34. The summed E-state index contributed by atoms with van der Waals surface area (Å²) in [5.74, 6) is -0.956. The summed E-state index contributed by atoms with van der Waals surface area (Å²) in [6.07, 6.45) is 7.49. The first kappa shape index (κ1) is 24.9. The molecule has 7 nitrogen and oxygen atoms in total. The van der Waals surface area contributed by atoms with Gasteiger partial charge in [-0.3, -0.25) is 19.3 Å². The van der Waals surface area contributed by atoms with E-state index < -0.39 is 17.8 Å². The molecular formula is C25H30N2O5. The molecule has 7 heteroatoms. The van der Waals surface area contributed by atoms with Gasteiger partial charge in [-0.1, -0.05) is 44.7 Å². The number of carbonyl (C=O) groups excluding carboxylic acids is 3. The number of hydrogen-bond donors (Lipinski definition) is 0. The van der Waals surface area contributed by atoms with Gasteiger partial charge in [0.25, 0.3) is 11.8 Å². The lowest BCUT2D eigenvalue weighted by Gasteiger charge is -2.27. The highest BCUT2D eigenvalue weighted by Crippen LogP contribution is 2.27. The monoisotopic (exact) mass is 438 g/mol. The Hall–Kier alpha value is -3.40. The lowest BCUT2D eigenvalue weighted by molar-refractivity contribution is -0.147. The Morgan fingerprint density at radius 2 is 1.75 bits per heavy atom. The van der Waals surface area contributed by atoms with Gasteiger partial charge < -0.3 is 9.47 Å². The molecule has 0 fully saturated rings. The lowest BCUT2D eigenvalue weighted by atomic mass is 9.93. The number of ether oxygens (including phenoxy) is 2. The molecule has 1 heterocycles. The number of amides is 2. The minimum absolute atomic E-state index is 0.0956. The largest absolute Gasteiger partial charge is 0.494 e. The second-order valence-electron chi connectivity index (χ2n) is 7.60. The number of nitrogens with zero attached hydrogens (tertiary/aromatic N) is 2. The van der Waals surface area contributed by atoms with E-state index in [0.717, 1.165) is 29.1 Å². The van der Waals surface area contributed by atoms with Crippen LogP contribution in [-0.2, 0) is 19.1 Å². The summed E-state index contributed by atoms with van der Waals surface area (Å²) in [7, 11) is 0. The van der Waals surface area contributed by atoms with Crippen LogP contribution < -0.4 is 4.74 Å². The van der Waals surface area contributed by atoms with Gasteiger partial charge in [0.2, 0.25) is 0 Å². The molecule has 0 atom stereocenters. The number of benzene rings is 1. The first-order valence-electron chi connectivity index (χ1n) is 10.9. The van der Waals surface area contributed by atoms with Gasteiger partial charge in [0.1, 0.15) is 24.0 Å². The molecule has 0 spiro atoms. The average Bonchev–Trinajstić information content (AvgIpc) is 2.77. The number of rotatable bonds is 11. The predicted molar refractivity (Wildman–Crippen MR) is 120 cm³/mol. The maximum absolute atomic E-state index is 12.9. The van der Waals surface area contributed by atoms with Crippen molar-refractivity contribution in [2.24, 2.45) is 0 Å². The van der Waals surface area contributed by atoms with Crippen LogP contribution in [0.2, 0.25) is 0 Å². The SMILES string of the molecule is CCCCCCCOc1ccc(/C=C2/C(=O)N(CCOC(C)=O)C(=O)C(C#N)=C2C)cc1. The van der Waals surface area contributed by atoms with Crippen LogP contribution >= 0.6 is 0 Å². The standard InChI is InChI=1S/C25H30N2O5/c1-4-5-6-7-8-14-32-21-11-9-20(10-12-21)16-22-18(2)23(17-26)25(30)27(24(22)29)13-15-31-19(3)28/h9-12,16H,4-8,13-15H2,1-3H3/b22-16+. The van der Waals surface area contributed by atoms with Crippen molar-refractivity contribution in [1.29, 1.82) is 5.26 Å². The highest BCUT2D eigenvalue weighted by Gasteiger charge is 2.35. The van der Waals surface area contributed by atoms with Gasteiger partial charge in [-0.15, -0.1) is 0 Å². The van der Waals surface area contributed by atoms with Crippen molar-refractivity contribution in [1.82, 2.24) is 4.90 Å². The predicted octanol–water partition coefficient (Wildman–Crippen LogP) is 4.19. The summed E-state index contributed by atoms with van der Waals surface area (Å²) in [6, 6.07) is 9.20. The Labute approximate surface area is 189 Å². The maximum Gasteiger partial charge on any atom is 0.302 e. The minimum atomic E-state index is -0.679. The second kappa shape index (κ2) is 12.5. The zero-order chi connectivity index (χ0) is 23.5. The Balaban J connectivity index is 2.12. The van der Waals surface area contributed by atoms with Gasteiger partial charge in [-0.25, -0.2) is 0 Å². The third kappa shape index (κ3) is 6.81. The number of imide groups is 1. The Morgan fingerprint density at radius 1 is 1.06 bits per heavy atom. The van der Waals surface area contributed by atoms with Crippen molar-refractivity contribution in [3.63, 3.8) is 0 Å². The van der Waals surface area contributed by atoms with Crippen molar-refractivity contribution in [2.75, 3.05) is 19.8 Å². The number of hydrogen-bond acceptors (Lipinski definition) is 6. The van der Waals surface area contributed by atoms with Crippen LogP contribution in [0.4, 0.5) is 0 Å². The van der Waals surface area contributed by atoms with Crippen LogP contribution in [0, 0.1) is 11.3 Å². The maximum atomic E-state index is 12.9. The van der Waals surface area contributed by atoms with E-state index in [-0.39, 0.29) is 24.3 Å². The van der Waals surface area contributed by atoms with Crippen molar-refractivity contribution in [2.45, 2.75) is 52.9 Å². The molecule has 0 saturated carbocycles. The number of nitriles is 1. The van der Waals surface area contributed by atoms with Crippen molar-refractivity contribution in [3.8, 4) is 11.8 Å². The molecule has 0 N–H and O–H groups in total. The molecule has 0 bridgehead atoms. The van der Waals surface area contributed by atoms with E-state index in [2.05, 4.69) is 6.92 Å². The highest BCUT2D eigenvalue weighted by atomic mass is 16.5. The van der Waals surface area contributed by atoms with E-state index in [9.17, 15) is 19.6 Å². The van der Waals surface area contributed by atoms with Crippen LogP contribution in [0.5, 0.6) is 5.75 Å². The van der Waals surface area contributed by atoms with E-state index in [1.165, 1.54) is 26.2 Å². The van der Waals surface area contributed by atoms with Crippen LogP contribution in [0.3, 0.4) is 0 Å². The van der Waals surface area contributed by atoms with Crippen LogP contribution in [-0.4, -0.2) is 42.4 Å². The summed E-state index contributed by atoms with van der Waals surface area (Å²) in [5.41, 5.74) is 1.24. The Kier molecular flexibility index (Phi) is 9.68. The van der Waals surface area contributed by atoms with Gasteiger partial charge in [-0.2, -0.15) is 5.26 Å². The average molecular weight is 439 g/mol. The van der Waals surface area contributed by atoms with E-state index >= 15 is 0 Å². The lowest BCUT2D eigenvalue weighted by Crippen LogP contribution is -2.44. The summed E-state index contributed by atoms with van der Waals surface area (Å²) >= 11 is 0. The molecule has 2 rings (SSSR count). The summed E-state index contributed by atoms with van der Waals surface area (Å²) in [5, 5.41) is 9.42. The zero-order valence-electron chi connectivity index (χ0n) is 19.0. The Bertz CT molecular complexity index is 938. The summed E-state index contributed by atoms with van der Waals surface area (Å²) in [6.45, 7) is 5.44. The highest BCUT2D eigenvalue weighted by molar-refractivity contribution is 6.19. The smallest absolute Gasteiger partial charge is 0.302 e. The third-order valence-electron chi connectivity index (χ3n) is 5.15. The number of unbranched alkanes of at least 4 members (excludes halogenated alkanes) is 4. The molecule has 1 aliphatic heterocycles. The molecule has 0 unspecified atom stereocenters. The van der Waals surface area contributed by atoms with Crippen molar-refractivity contribution in [3.05, 3.63) is 46.5 Å². The molecule has 0 saturated heterocycles. The molecule has 0 aromatic heterocycles. The first-order chi connectivity index (χ1) is 15.4. The third-order valence-corrected chi connectivity index (χ3v) is 5.15. The quantitative estimate of drug-likeness (QED) is 0.222. The molecule has 1 aromatic rings. The van der Waals surface area contributed by atoms with Crippen LogP contribution in [0.1, 0.15) is 58.4 Å². The number of carbonyl (C=O) groups is 3. The molecule has 0 aliphatic carbocycles. The molecule has 170 valence electrons. The van der Waals surface area contributed by atoms with E-state index in [0.29, 0.717) is 12.2 Å². The fourth-order valence-corrected chi connectivity index (χ4v) is 3.34. The topological polar surface area (TPSA) is 96.7 Å². The molecule has 0 radical (unpaired) electrons. The van der Waals surface area contributed by atoms with E-state index in [1.54, 1.807) is 13.0 Å². The Morgan fingerprint density at radius 3 is 2.38 bits per heavy atom. The molecule has 2 amide bonds. The van der Waals surface area contributed by atoms with Gasteiger partial charge in [0.15, 0.2) is 0 Å². The van der Waals surface area contributed by atoms with E-state index in [1.807, 2.05) is 30.3 Å². The zero-order valence-corrected chi connectivity index (χ0v) is 19.0. The first-order valence-corrected chi connectivity index (χ1v) is 10.9. The van der Waals surface area contributed by atoms with Gasteiger partial charge in [-0.05, 0) is 42.7 Å². The van der Waals surface area contributed by atoms with Crippen LogP contribution in [0.15, 0.2) is 41.0 Å². The molecule has 32 heavy (non-hydrogen) atoms. The van der Waals surface area contributed by atoms with E-state index in [4.69, 9.17) is 9.47 Å². The molecular weight excluding hydrogens is 408 g/mol. The van der Waals surface area contributed by atoms with Crippen LogP contribution in [0.25, 0.3) is 6.08 Å². The molecule has 1 aliphatic rings. The fraction of sp³-hybridized carbons (Fsp3) is 0.440. The molecule has 1 aromatic carbocycles. The van der Waals surface area contributed by atoms with Gasteiger partial charge in [0, 0.05) is 12.5 Å². The summed E-state index contributed by atoms with van der Waals surface area (Å²) < 4.78 is 10.6. The summed E-state index contributed by atoms with van der Waals surface area (Å²) in [4.78, 5) is 37.4. The minimum Gasteiger partial charge on any atom is -0.494 e. The number of esters is 1. The van der Waals surface area contributed by atoms with Crippen molar-refractivity contribution >= 4 is 23.9 Å². The van der Waals surface area contributed by atoms with Crippen molar-refractivity contribution < 1.29 is 23.9 Å². The second-order valence-corrected chi connectivity index (χ2v) is 7.60. The van der Waals surface area contributed by atoms with Gasteiger partial charge >= 0.3 is 5.97 Å².